The van der Waals surface area contributed by atoms with Gasteiger partial charge in [0.2, 0.25) is 0 Å². The van der Waals surface area contributed by atoms with Crippen LogP contribution in [0.25, 0.3) is 0 Å². The summed E-state index contributed by atoms with van der Waals surface area (Å²) in [6.45, 7) is 5.73. The van der Waals surface area contributed by atoms with Crippen molar-refractivity contribution >= 4 is 0 Å². The monoisotopic (exact) mass is 242 g/mol. The second-order valence-corrected chi connectivity index (χ2v) is 4.76. The molecular weight excluding hydrogens is 220 g/mol. The van der Waals surface area contributed by atoms with Gasteiger partial charge in [-0.25, -0.2) is 0 Å². The number of rotatable bonds is 8. The van der Waals surface area contributed by atoms with E-state index in [9.17, 15) is 0 Å². The van der Waals surface area contributed by atoms with Gasteiger partial charge in [-0.15, -0.1) is 5.10 Å². The van der Waals surface area contributed by atoms with E-state index in [0.29, 0.717) is 25.9 Å². The molecule has 0 aromatic carbocycles. The van der Waals surface area contributed by atoms with Crippen molar-refractivity contribution in [2.75, 3.05) is 13.2 Å². The molecule has 0 unspecified atom stereocenters. The molecule has 0 saturated carbocycles. The van der Waals surface area contributed by atoms with E-state index < -0.39 is 0 Å². The molecular formula is C11H22N4O2. The van der Waals surface area contributed by atoms with Crippen LogP contribution in [0.5, 0.6) is 0 Å². The first kappa shape index (κ1) is 14.1. The van der Waals surface area contributed by atoms with Crippen molar-refractivity contribution in [2.45, 2.75) is 45.3 Å². The number of aryl methyl sites for hydroxylation is 1. The smallest absolute Gasteiger partial charge is 0.0965 e. The fraction of sp³-hybridized carbons (Fsp3) is 0.818. The quantitative estimate of drug-likeness (QED) is 0.593. The Hall–Kier alpha value is -0.980. The van der Waals surface area contributed by atoms with E-state index in [1.807, 2.05) is 20.0 Å². The Kier molecular flexibility index (Phi) is 5.54. The van der Waals surface area contributed by atoms with Crippen LogP contribution in [0.1, 0.15) is 32.4 Å². The van der Waals surface area contributed by atoms with Gasteiger partial charge in [-0.2, -0.15) is 0 Å². The van der Waals surface area contributed by atoms with Crippen LogP contribution in [0.3, 0.4) is 0 Å². The number of hydrogen-bond acceptors (Lipinski definition) is 5. The van der Waals surface area contributed by atoms with Crippen LogP contribution in [0.2, 0.25) is 0 Å². The molecule has 0 atom stereocenters. The molecule has 0 aliphatic carbocycles. The molecule has 17 heavy (non-hydrogen) atoms. The maximum Gasteiger partial charge on any atom is 0.0965 e. The van der Waals surface area contributed by atoms with Gasteiger partial charge in [0, 0.05) is 38.0 Å². The van der Waals surface area contributed by atoms with E-state index in [4.69, 9.17) is 10.2 Å². The largest absolute Gasteiger partial charge is 0.396 e. The number of aliphatic hydroxyl groups excluding tert-OH is 2. The Morgan fingerprint density at radius 3 is 2.76 bits per heavy atom. The van der Waals surface area contributed by atoms with Crippen molar-refractivity contribution in [3.8, 4) is 0 Å². The minimum Gasteiger partial charge on any atom is -0.396 e. The van der Waals surface area contributed by atoms with Gasteiger partial charge in [-0.3, -0.25) is 4.68 Å². The first-order chi connectivity index (χ1) is 8.07. The molecule has 0 saturated heterocycles. The number of aromatic nitrogens is 3. The molecule has 6 heteroatoms. The van der Waals surface area contributed by atoms with Crippen LogP contribution in [0.4, 0.5) is 0 Å². The van der Waals surface area contributed by atoms with Crippen molar-refractivity contribution in [1.29, 1.82) is 0 Å². The summed E-state index contributed by atoms with van der Waals surface area (Å²) in [6, 6.07) is 0. The summed E-state index contributed by atoms with van der Waals surface area (Å²) in [4.78, 5) is 0. The normalized spacial score (nSPS) is 12.0. The number of nitrogens with one attached hydrogen (secondary N) is 1. The van der Waals surface area contributed by atoms with Crippen LogP contribution in [0.15, 0.2) is 6.20 Å². The van der Waals surface area contributed by atoms with Gasteiger partial charge in [0.25, 0.3) is 0 Å². The standard InChI is InChI=1S/C11H22N4O2/c1-11(2,4-7-17)12-8-10-9-15(14-13-10)5-3-6-16/h9,12,16-17H,3-8H2,1-2H3. The molecule has 1 aromatic heterocycles. The highest BCUT2D eigenvalue weighted by Gasteiger charge is 2.16. The Bertz CT molecular complexity index is 325. The van der Waals surface area contributed by atoms with Crippen LogP contribution in [0, 0.1) is 0 Å². The summed E-state index contributed by atoms with van der Waals surface area (Å²) >= 11 is 0. The van der Waals surface area contributed by atoms with Crippen molar-refractivity contribution in [1.82, 2.24) is 20.3 Å². The Labute approximate surface area is 102 Å². The van der Waals surface area contributed by atoms with Crippen LogP contribution >= 0.6 is 0 Å². The summed E-state index contributed by atoms with van der Waals surface area (Å²) in [7, 11) is 0. The Morgan fingerprint density at radius 1 is 1.35 bits per heavy atom. The molecule has 0 bridgehead atoms. The predicted molar refractivity (Wildman–Crippen MR) is 64.3 cm³/mol. The third kappa shape index (κ3) is 5.25. The maximum atomic E-state index is 8.90. The molecule has 1 aromatic rings. The van der Waals surface area contributed by atoms with Gasteiger partial charge in [0.15, 0.2) is 0 Å². The number of hydrogen-bond donors (Lipinski definition) is 3. The molecule has 0 radical (unpaired) electrons. The first-order valence-electron chi connectivity index (χ1n) is 5.93. The number of nitrogens with zero attached hydrogens (tertiary/aromatic N) is 3. The highest BCUT2D eigenvalue weighted by atomic mass is 16.3. The van der Waals surface area contributed by atoms with Crippen LogP contribution in [-0.2, 0) is 13.1 Å². The highest BCUT2D eigenvalue weighted by Crippen LogP contribution is 2.08. The molecule has 98 valence electrons. The van der Waals surface area contributed by atoms with Crippen molar-refractivity contribution in [2.24, 2.45) is 0 Å². The third-order valence-corrected chi connectivity index (χ3v) is 2.62. The summed E-state index contributed by atoms with van der Waals surface area (Å²) in [5.41, 5.74) is 0.762. The van der Waals surface area contributed by atoms with E-state index in [2.05, 4.69) is 15.6 Å². The van der Waals surface area contributed by atoms with E-state index >= 15 is 0 Å². The first-order valence-corrected chi connectivity index (χ1v) is 5.93. The van der Waals surface area contributed by atoms with E-state index in [-0.39, 0.29) is 18.8 Å². The second kappa shape index (κ2) is 6.68. The lowest BCUT2D eigenvalue weighted by Crippen LogP contribution is -2.39. The van der Waals surface area contributed by atoms with Crippen molar-refractivity contribution < 1.29 is 10.2 Å². The molecule has 1 rings (SSSR count). The lowest BCUT2D eigenvalue weighted by Gasteiger charge is -2.24. The number of aliphatic hydroxyl groups is 2. The average Bonchev–Trinajstić information content (AvgIpc) is 2.72. The zero-order chi connectivity index (χ0) is 12.7. The molecule has 0 spiro atoms. The van der Waals surface area contributed by atoms with E-state index in [1.54, 1.807) is 4.68 Å². The van der Waals surface area contributed by atoms with Gasteiger partial charge >= 0.3 is 0 Å². The molecule has 0 fully saturated rings. The summed E-state index contributed by atoms with van der Waals surface area (Å²) in [5, 5.41) is 28.9. The molecule has 3 N–H and O–H groups in total. The van der Waals surface area contributed by atoms with Crippen molar-refractivity contribution in [3.63, 3.8) is 0 Å². The van der Waals surface area contributed by atoms with Gasteiger partial charge in [0.1, 0.15) is 0 Å². The topological polar surface area (TPSA) is 83.2 Å². The van der Waals surface area contributed by atoms with E-state index in [1.165, 1.54) is 0 Å². The SMILES string of the molecule is CC(C)(CCO)NCc1cn(CCCO)nn1. The average molecular weight is 242 g/mol. The Balaban J connectivity index is 2.38. The molecule has 6 nitrogen and oxygen atoms in total. The summed E-state index contributed by atoms with van der Waals surface area (Å²) < 4.78 is 1.73. The minimum absolute atomic E-state index is 0.108. The van der Waals surface area contributed by atoms with Gasteiger partial charge in [-0.1, -0.05) is 5.21 Å². The van der Waals surface area contributed by atoms with Crippen LogP contribution < -0.4 is 5.32 Å². The minimum atomic E-state index is -0.108. The fourth-order valence-corrected chi connectivity index (χ4v) is 1.46. The molecule has 0 aliphatic rings. The van der Waals surface area contributed by atoms with Gasteiger partial charge in [-0.05, 0) is 26.7 Å². The summed E-state index contributed by atoms with van der Waals surface area (Å²) in [5.74, 6) is 0. The highest BCUT2D eigenvalue weighted by molar-refractivity contribution is 4.93. The molecule has 0 amide bonds. The van der Waals surface area contributed by atoms with Crippen LogP contribution in [-0.4, -0.2) is 44.0 Å². The zero-order valence-electron chi connectivity index (χ0n) is 10.6. The molecule has 0 aliphatic heterocycles. The zero-order valence-corrected chi connectivity index (χ0v) is 10.6. The van der Waals surface area contributed by atoms with E-state index in [0.717, 1.165) is 5.69 Å². The molecule has 1 heterocycles. The predicted octanol–water partition coefficient (Wildman–Crippen LogP) is -0.0889. The van der Waals surface area contributed by atoms with Gasteiger partial charge < -0.3 is 15.5 Å². The van der Waals surface area contributed by atoms with Gasteiger partial charge in [0.05, 0.1) is 5.69 Å². The lowest BCUT2D eigenvalue weighted by molar-refractivity contribution is 0.229. The summed E-state index contributed by atoms with van der Waals surface area (Å²) in [6.07, 6.45) is 3.26. The third-order valence-electron chi connectivity index (χ3n) is 2.62. The second-order valence-electron chi connectivity index (χ2n) is 4.76. The lowest BCUT2D eigenvalue weighted by atomic mass is 10.0. The Morgan fingerprint density at radius 2 is 2.12 bits per heavy atom. The van der Waals surface area contributed by atoms with Crippen molar-refractivity contribution in [3.05, 3.63) is 11.9 Å². The maximum absolute atomic E-state index is 8.90. The fourth-order valence-electron chi connectivity index (χ4n) is 1.46.